The van der Waals surface area contributed by atoms with Crippen LogP contribution >= 0.6 is 11.6 Å². The van der Waals surface area contributed by atoms with E-state index in [2.05, 4.69) is 15.5 Å². The van der Waals surface area contributed by atoms with Gasteiger partial charge in [0.25, 0.3) is 11.6 Å². The number of nitro groups is 1. The summed E-state index contributed by atoms with van der Waals surface area (Å²) in [4.78, 5) is 24.2. The monoisotopic (exact) mass is 425 g/mol. The van der Waals surface area contributed by atoms with Gasteiger partial charge in [0.15, 0.2) is 0 Å². The number of carbonyl (C=O) groups is 1. The number of nitro benzene ring substituents is 1. The summed E-state index contributed by atoms with van der Waals surface area (Å²) in [5, 5.41) is 22.3. The quantitative estimate of drug-likeness (QED) is 0.377. The molecule has 0 bridgehead atoms. The van der Waals surface area contributed by atoms with Crippen LogP contribution in [0.4, 0.5) is 15.8 Å². The largest absolute Gasteiger partial charge is 0.322 e. The van der Waals surface area contributed by atoms with Crippen molar-refractivity contribution < 1.29 is 14.1 Å². The third kappa shape index (κ3) is 3.70. The molecule has 0 saturated heterocycles. The summed E-state index contributed by atoms with van der Waals surface area (Å²) in [7, 11) is 0. The molecule has 4 rings (SSSR count). The second-order valence-electron chi connectivity index (χ2n) is 6.50. The predicted molar refractivity (Wildman–Crippen MR) is 110 cm³/mol. The average molecular weight is 426 g/mol. The van der Waals surface area contributed by atoms with E-state index in [0.29, 0.717) is 22.4 Å². The van der Waals surface area contributed by atoms with Gasteiger partial charge in [-0.3, -0.25) is 14.9 Å². The van der Waals surface area contributed by atoms with E-state index < -0.39 is 10.8 Å². The van der Waals surface area contributed by atoms with E-state index in [0.717, 1.165) is 11.6 Å². The second kappa shape index (κ2) is 7.53. The van der Waals surface area contributed by atoms with Crippen molar-refractivity contribution in [3.8, 4) is 5.69 Å². The Balaban J connectivity index is 1.64. The number of anilines is 1. The number of amides is 1. The van der Waals surface area contributed by atoms with Gasteiger partial charge in [-0.25, -0.2) is 4.39 Å². The molecule has 0 spiro atoms. The molecule has 8 nitrogen and oxygen atoms in total. The van der Waals surface area contributed by atoms with E-state index in [9.17, 15) is 19.3 Å². The van der Waals surface area contributed by atoms with E-state index in [1.165, 1.54) is 29.1 Å². The van der Waals surface area contributed by atoms with Gasteiger partial charge in [0.1, 0.15) is 16.9 Å². The molecule has 1 aromatic heterocycles. The van der Waals surface area contributed by atoms with E-state index in [1.54, 1.807) is 31.2 Å². The Morgan fingerprint density at radius 3 is 2.40 bits per heavy atom. The zero-order chi connectivity index (χ0) is 21.4. The molecule has 0 radical (unpaired) electrons. The van der Waals surface area contributed by atoms with Gasteiger partial charge >= 0.3 is 0 Å². The summed E-state index contributed by atoms with van der Waals surface area (Å²) in [6.45, 7) is 1.80. The van der Waals surface area contributed by atoms with Crippen LogP contribution in [0, 0.1) is 22.9 Å². The number of fused-ring (bicyclic) bond motifs is 1. The fourth-order valence-electron chi connectivity index (χ4n) is 2.88. The summed E-state index contributed by atoms with van der Waals surface area (Å²) >= 11 is 6.03. The Morgan fingerprint density at radius 1 is 1.10 bits per heavy atom. The van der Waals surface area contributed by atoms with Crippen molar-refractivity contribution in [2.45, 2.75) is 6.92 Å². The van der Waals surface area contributed by atoms with Crippen molar-refractivity contribution in [3.63, 3.8) is 0 Å². The highest BCUT2D eigenvalue weighted by Gasteiger charge is 2.17. The smallest absolute Gasteiger partial charge is 0.270 e. The second-order valence-corrected chi connectivity index (χ2v) is 6.90. The Labute approximate surface area is 174 Å². The third-order valence-electron chi connectivity index (χ3n) is 4.44. The topological polar surface area (TPSA) is 103 Å². The lowest BCUT2D eigenvalue weighted by Gasteiger charge is -2.09. The number of benzene rings is 3. The van der Waals surface area contributed by atoms with Crippen molar-refractivity contribution >= 4 is 39.9 Å². The van der Waals surface area contributed by atoms with E-state index in [1.807, 2.05) is 0 Å². The summed E-state index contributed by atoms with van der Waals surface area (Å²) in [6.07, 6.45) is 0. The summed E-state index contributed by atoms with van der Waals surface area (Å²) in [5.74, 6) is -0.871. The van der Waals surface area contributed by atoms with Gasteiger partial charge in [0, 0.05) is 17.8 Å². The van der Waals surface area contributed by atoms with Crippen LogP contribution in [-0.4, -0.2) is 25.8 Å². The lowest BCUT2D eigenvalue weighted by atomic mass is 10.1. The maximum atomic E-state index is 13.1. The summed E-state index contributed by atoms with van der Waals surface area (Å²) in [5.41, 5.74) is 2.85. The zero-order valence-electron chi connectivity index (χ0n) is 15.5. The number of aromatic nitrogens is 3. The summed E-state index contributed by atoms with van der Waals surface area (Å²) in [6, 6.07) is 12.8. The number of non-ortho nitro benzene ring substituents is 1. The molecule has 0 aliphatic rings. The van der Waals surface area contributed by atoms with Gasteiger partial charge < -0.3 is 5.32 Å². The number of nitrogens with zero attached hydrogens (tertiary/aromatic N) is 4. The number of nitrogens with one attached hydrogen (secondary N) is 1. The first-order valence-electron chi connectivity index (χ1n) is 8.71. The van der Waals surface area contributed by atoms with Crippen LogP contribution in [0.3, 0.4) is 0 Å². The molecule has 4 aromatic rings. The van der Waals surface area contributed by atoms with E-state index >= 15 is 0 Å². The number of hydrogen-bond acceptors (Lipinski definition) is 5. The molecule has 10 heteroatoms. The zero-order valence-corrected chi connectivity index (χ0v) is 16.2. The number of hydrogen-bond donors (Lipinski definition) is 1. The van der Waals surface area contributed by atoms with Gasteiger partial charge in [0.2, 0.25) is 0 Å². The van der Waals surface area contributed by atoms with Gasteiger partial charge in [-0.1, -0.05) is 11.6 Å². The SMILES string of the molecule is Cc1cc2nn(-c3ccc(F)cc3)nc2cc1NC(=O)c1ccc([N+](=O)[O-])cc1Cl. The van der Waals surface area contributed by atoms with Crippen LogP contribution in [0.25, 0.3) is 16.7 Å². The van der Waals surface area contributed by atoms with Crippen molar-refractivity contribution in [1.29, 1.82) is 0 Å². The minimum Gasteiger partial charge on any atom is -0.322 e. The molecule has 3 aromatic carbocycles. The fourth-order valence-corrected chi connectivity index (χ4v) is 3.14. The molecule has 0 aliphatic carbocycles. The molecule has 0 unspecified atom stereocenters. The summed E-state index contributed by atoms with van der Waals surface area (Å²) < 4.78 is 13.1. The minimum absolute atomic E-state index is 0.0253. The number of rotatable bonds is 4. The Bertz CT molecular complexity index is 1300. The van der Waals surface area contributed by atoms with E-state index in [4.69, 9.17) is 11.6 Å². The number of aryl methyl sites for hydroxylation is 1. The number of halogens is 2. The molecule has 0 fully saturated rings. The lowest BCUT2D eigenvalue weighted by Crippen LogP contribution is -2.13. The van der Waals surface area contributed by atoms with Crippen molar-refractivity contribution in [3.05, 3.63) is 86.7 Å². The van der Waals surface area contributed by atoms with Crippen LogP contribution in [0.15, 0.2) is 54.6 Å². The van der Waals surface area contributed by atoms with Crippen molar-refractivity contribution in [2.24, 2.45) is 0 Å². The van der Waals surface area contributed by atoms with Gasteiger partial charge in [-0.2, -0.15) is 4.80 Å². The van der Waals surface area contributed by atoms with Crippen LogP contribution in [0.5, 0.6) is 0 Å². The normalized spacial score (nSPS) is 10.9. The van der Waals surface area contributed by atoms with Gasteiger partial charge in [-0.15, -0.1) is 10.2 Å². The van der Waals surface area contributed by atoms with Gasteiger partial charge in [-0.05, 0) is 55.0 Å². The molecule has 30 heavy (non-hydrogen) atoms. The maximum absolute atomic E-state index is 13.1. The molecule has 0 saturated carbocycles. The standard InChI is InChI=1S/C20H13ClFN5O3/c1-11-8-18-19(25-26(24-18)13-4-2-12(22)3-5-13)10-17(11)23-20(28)15-7-6-14(27(29)30)9-16(15)21/h2-10H,1H3,(H,23,28). The average Bonchev–Trinajstić information content (AvgIpc) is 3.11. The minimum atomic E-state index is -0.587. The van der Waals surface area contributed by atoms with Crippen molar-refractivity contribution in [2.75, 3.05) is 5.32 Å². The van der Waals surface area contributed by atoms with Crippen LogP contribution in [-0.2, 0) is 0 Å². The fraction of sp³-hybridized carbons (Fsp3) is 0.0500. The molecule has 0 aliphatic heterocycles. The number of carbonyl (C=O) groups excluding carboxylic acids is 1. The van der Waals surface area contributed by atoms with Crippen LogP contribution in [0.1, 0.15) is 15.9 Å². The molecule has 1 N–H and O–H groups in total. The van der Waals surface area contributed by atoms with Crippen LogP contribution in [0.2, 0.25) is 5.02 Å². The first kappa shape index (κ1) is 19.5. The Kier molecular flexibility index (Phi) is 4.88. The molecule has 1 heterocycles. The molecule has 1 amide bonds. The molecule has 150 valence electrons. The van der Waals surface area contributed by atoms with Gasteiger partial charge in [0.05, 0.1) is 21.2 Å². The van der Waals surface area contributed by atoms with Crippen molar-refractivity contribution in [1.82, 2.24) is 15.0 Å². The third-order valence-corrected chi connectivity index (χ3v) is 4.75. The molecule has 0 atom stereocenters. The van der Waals surface area contributed by atoms with Crippen LogP contribution < -0.4 is 5.32 Å². The Hall–Kier alpha value is -3.85. The predicted octanol–water partition coefficient (Wildman–Crippen LogP) is 4.68. The highest BCUT2D eigenvalue weighted by atomic mass is 35.5. The first-order valence-corrected chi connectivity index (χ1v) is 9.08. The highest BCUT2D eigenvalue weighted by Crippen LogP contribution is 2.26. The molecular formula is C20H13ClFN5O3. The Morgan fingerprint density at radius 2 is 1.77 bits per heavy atom. The lowest BCUT2D eigenvalue weighted by molar-refractivity contribution is -0.384. The van der Waals surface area contributed by atoms with E-state index in [-0.39, 0.29) is 22.1 Å². The first-order chi connectivity index (χ1) is 14.3. The maximum Gasteiger partial charge on any atom is 0.270 e. The molecular weight excluding hydrogens is 413 g/mol. The highest BCUT2D eigenvalue weighted by molar-refractivity contribution is 6.34.